The molecule has 0 aliphatic rings. The fourth-order valence-corrected chi connectivity index (χ4v) is 2.27. The van der Waals surface area contributed by atoms with Crippen molar-refractivity contribution in [3.8, 4) is 0 Å². The summed E-state index contributed by atoms with van der Waals surface area (Å²) in [4.78, 5) is 21.4. The highest BCUT2D eigenvalue weighted by atomic mass is 31.2. The normalized spacial score (nSPS) is 13.8. The zero-order valence-electron chi connectivity index (χ0n) is 10.8. The molecule has 110 valence electrons. The first-order valence-corrected chi connectivity index (χ1v) is 7.62. The molecule has 2 aromatic rings. The molecule has 20 heavy (non-hydrogen) atoms. The third-order valence-corrected chi connectivity index (χ3v) is 3.14. The number of hydrogen-bond donors (Lipinski definition) is 4. The predicted molar refractivity (Wildman–Crippen MR) is 73.0 cm³/mol. The largest absolute Gasteiger partial charge is 0.382 e. The molecule has 0 saturated heterocycles. The first kappa shape index (κ1) is 14.7. The summed E-state index contributed by atoms with van der Waals surface area (Å²) in [5.41, 5.74) is 12.7. The summed E-state index contributed by atoms with van der Waals surface area (Å²) in [6.07, 6.45) is -0.598. The van der Waals surface area contributed by atoms with Crippen LogP contribution in [-0.4, -0.2) is 36.8 Å². The number of nitrogens with zero attached hydrogens (tertiary/aromatic N) is 3. The van der Waals surface area contributed by atoms with Crippen molar-refractivity contribution in [1.82, 2.24) is 14.6 Å². The maximum Gasteiger partial charge on any atom is 0.350 e. The number of nitrogen functional groups attached to an aromatic ring is 2. The number of nitrogens with two attached hydrogens (primary N) is 2. The van der Waals surface area contributed by atoms with Crippen molar-refractivity contribution >= 4 is 24.9 Å². The third kappa shape index (κ3) is 3.45. The van der Waals surface area contributed by atoms with Gasteiger partial charge < -0.3 is 26.0 Å². The second kappa shape index (κ2) is 5.37. The molecule has 6 N–H and O–H groups in total. The highest BCUT2D eigenvalue weighted by Crippen LogP contribution is 2.34. The van der Waals surface area contributed by atoms with Gasteiger partial charge >= 0.3 is 7.60 Å². The summed E-state index contributed by atoms with van der Waals surface area (Å²) in [5, 5.41) is 4.05. The topological polar surface area (TPSA) is 149 Å². The minimum Gasteiger partial charge on any atom is -0.382 e. The SMILES string of the molecule is C[C@H](Cc1ccc2c(N)nc(N)nn12)OCP(=O)(O)O. The Labute approximate surface area is 114 Å². The number of fused-ring (bicyclic) bond motifs is 1. The van der Waals surface area contributed by atoms with Gasteiger partial charge in [-0.05, 0) is 19.1 Å². The summed E-state index contributed by atoms with van der Waals surface area (Å²) >= 11 is 0. The van der Waals surface area contributed by atoms with E-state index in [1.807, 2.05) is 0 Å². The number of anilines is 2. The number of rotatable bonds is 5. The van der Waals surface area contributed by atoms with Crippen molar-refractivity contribution in [2.24, 2.45) is 0 Å². The van der Waals surface area contributed by atoms with E-state index in [4.69, 9.17) is 26.0 Å². The van der Waals surface area contributed by atoms with E-state index in [1.54, 1.807) is 23.6 Å². The highest BCUT2D eigenvalue weighted by molar-refractivity contribution is 7.51. The maximum atomic E-state index is 10.8. The minimum atomic E-state index is -4.17. The third-order valence-electron chi connectivity index (χ3n) is 2.66. The lowest BCUT2D eigenvalue weighted by molar-refractivity contribution is 0.0877. The molecule has 0 amide bonds. The van der Waals surface area contributed by atoms with Crippen LogP contribution in [0, 0.1) is 0 Å². The Balaban J connectivity index is 2.16. The van der Waals surface area contributed by atoms with Crippen LogP contribution in [0.15, 0.2) is 12.1 Å². The lowest BCUT2D eigenvalue weighted by Gasteiger charge is -2.13. The number of ether oxygens (including phenoxy) is 1. The van der Waals surface area contributed by atoms with Gasteiger partial charge in [-0.3, -0.25) is 4.57 Å². The zero-order valence-corrected chi connectivity index (χ0v) is 11.7. The smallest absolute Gasteiger partial charge is 0.350 e. The summed E-state index contributed by atoms with van der Waals surface area (Å²) in [5.74, 6) is 0.323. The first-order chi connectivity index (χ1) is 9.26. The quantitative estimate of drug-likeness (QED) is 0.563. The minimum absolute atomic E-state index is 0.0521. The number of hydrogen-bond acceptors (Lipinski definition) is 6. The van der Waals surface area contributed by atoms with Crippen LogP contribution in [0.2, 0.25) is 0 Å². The molecular formula is C10H16N5O4P. The van der Waals surface area contributed by atoms with Gasteiger partial charge in [0.05, 0.1) is 6.10 Å². The van der Waals surface area contributed by atoms with Crippen LogP contribution in [-0.2, 0) is 15.7 Å². The number of aromatic nitrogens is 3. The molecule has 2 aromatic heterocycles. The second-order valence-corrected chi connectivity index (χ2v) is 6.04. The van der Waals surface area contributed by atoms with Crippen molar-refractivity contribution in [1.29, 1.82) is 0 Å². The van der Waals surface area contributed by atoms with Crippen LogP contribution in [0.5, 0.6) is 0 Å². The van der Waals surface area contributed by atoms with Crippen molar-refractivity contribution in [2.75, 3.05) is 17.8 Å². The molecule has 0 aliphatic carbocycles. The fourth-order valence-electron chi connectivity index (χ4n) is 1.82. The average Bonchev–Trinajstić information content (AvgIpc) is 2.69. The molecule has 0 aromatic carbocycles. The Morgan fingerprint density at radius 2 is 2.15 bits per heavy atom. The van der Waals surface area contributed by atoms with Gasteiger partial charge in [-0.1, -0.05) is 0 Å². The Hall–Kier alpha value is -1.67. The van der Waals surface area contributed by atoms with E-state index in [0.29, 0.717) is 11.9 Å². The van der Waals surface area contributed by atoms with Crippen LogP contribution in [0.25, 0.3) is 5.52 Å². The molecule has 1 atom stereocenters. The molecular weight excluding hydrogens is 285 g/mol. The molecule has 0 fully saturated rings. The van der Waals surface area contributed by atoms with Crippen molar-refractivity contribution in [3.63, 3.8) is 0 Å². The first-order valence-electron chi connectivity index (χ1n) is 5.82. The molecule has 0 bridgehead atoms. The van der Waals surface area contributed by atoms with Gasteiger partial charge in [0.25, 0.3) is 0 Å². The van der Waals surface area contributed by atoms with Crippen LogP contribution < -0.4 is 11.5 Å². The van der Waals surface area contributed by atoms with Crippen molar-refractivity contribution < 1.29 is 19.1 Å². The van der Waals surface area contributed by atoms with E-state index in [1.165, 1.54) is 0 Å². The van der Waals surface area contributed by atoms with E-state index in [9.17, 15) is 4.57 Å². The molecule has 0 aliphatic heterocycles. The van der Waals surface area contributed by atoms with E-state index >= 15 is 0 Å². The molecule has 0 saturated carbocycles. The summed E-state index contributed by atoms with van der Waals surface area (Å²) < 4.78 is 17.4. The van der Waals surface area contributed by atoms with Crippen LogP contribution >= 0.6 is 7.60 Å². The lowest BCUT2D eigenvalue weighted by atomic mass is 10.2. The van der Waals surface area contributed by atoms with E-state index in [0.717, 1.165) is 5.69 Å². The predicted octanol–water partition coefficient (Wildman–Crippen LogP) is -0.0235. The maximum absolute atomic E-state index is 10.8. The van der Waals surface area contributed by atoms with Gasteiger partial charge in [0.2, 0.25) is 5.95 Å². The second-order valence-electron chi connectivity index (χ2n) is 4.45. The molecule has 2 rings (SSSR count). The standard InChI is InChI=1S/C10H16N5O4P/c1-6(19-5-20(16,17)18)4-7-2-3-8-9(11)13-10(12)14-15(7)8/h2-3,6H,4-5H2,1H3,(H2,16,17,18)(H4,11,12,13,14)/t6-/m1/s1. The Morgan fingerprint density at radius 3 is 2.80 bits per heavy atom. The molecule has 10 heteroatoms. The Kier molecular flexibility index (Phi) is 3.96. The van der Waals surface area contributed by atoms with Gasteiger partial charge in [0.1, 0.15) is 11.9 Å². The fraction of sp³-hybridized carbons (Fsp3) is 0.400. The lowest BCUT2D eigenvalue weighted by Crippen LogP contribution is -2.15. The van der Waals surface area contributed by atoms with Gasteiger partial charge in [0, 0.05) is 12.1 Å². The monoisotopic (exact) mass is 301 g/mol. The van der Waals surface area contributed by atoms with E-state index in [-0.39, 0.29) is 11.8 Å². The van der Waals surface area contributed by atoms with Crippen LogP contribution in [0.4, 0.5) is 11.8 Å². The summed E-state index contributed by atoms with van der Waals surface area (Å²) in [7, 11) is -4.17. The Morgan fingerprint density at radius 1 is 1.45 bits per heavy atom. The molecule has 0 radical (unpaired) electrons. The summed E-state index contributed by atoms with van der Waals surface area (Å²) in [6.45, 7) is 1.71. The van der Waals surface area contributed by atoms with E-state index < -0.39 is 20.0 Å². The van der Waals surface area contributed by atoms with Gasteiger partial charge in [-0.15, -0.1) is 5.10 Å². The molecule has 0 unspecified atom stereocenters. The van der Waals surface area contributed by atoms with Crippen molar-refractivity contribution in [3.05, 3.63) is 17.8 Å². The van der Waals surface area contributed by atoms with Gasteiger partial charge in [-0.25, -0.2) is 4.52 Å². The van der Waals surface area contributed by atoms with E-state index in [2.05, 4.69) is 10.1 Å². The van der Waals surface area contributed by atoms with Crippen molar-refractivity contribution in [2.45, 2.75) is 19.4 Å². The van der Waals surface area contributed by atoms with Crippen LogP contribution in [0.3, 0.4) is 0 Å². The average molecular weight is 301 g/mol. The Bertz CT molecular complexity index is 667. The highest BCUT2D eigenvalue weighted by Gasteiger charge is 2.17. The van der Waals surface area contributed by atoms with Gasteiger partial charge in [-0.2, -0.15) is 4.98 Å². The summed E-state index contributed by atoms with van der Waals surface area (Å²) in [6, 6.07) is 3.54. The zero-order chi connectivity index (χ0) is 14.9. The van der Waals surface area contributed by atoms with Crippen LogP contribution in [0.1, 0.15) is 12.6 Å². The molecule has 2 heterocycles. The molecule has 0 spiro atoms. The molecule has 9 nitrogen and oxygen atoms in total. The van der Waals surface area contributed by atoms with Gasteiger partial charge in [0.15, 0.2) is 5.82 Å².